The minimum Gasteiger partial charge on any atom is -0.389 e. The Hall–Kier alpha value is -2.93. The summed E-state index contributed by atoms with van der Waals surface area (Å²) >= 11 is 6.23. The van der Waals surface area contributed by atoms with Gasteiger partial charge >= 0.3 is 0 Å². The van der Waals surface area contributed by atoms with E-state index in [9.17, 15) is 5.11 Å². The van der Waals surface area contributed by atoms with E-state index in [4.69, 9.17) is 11.6 Å². The molecule has 1 aromatic heterocycles. The molecule has 2 heterocycles. The molecule has 4 nitrogen and oxygen atoms in total. The Kier molecular flexibility index (Phi) is 5.40. The van der Waals surface area contributed by atoms with Crippen LogP contribution in [-0.2, 0) is 6.54 Å². The Balaban J connectivity index is 1.66. The average molecular weight is 468 g/mol. The summed E-state index contributed by atoms with van der Waals surface area (Å²) in [6, 6.07) is 15.4. The van der Waals surface area contributed by atoms with Crippen LogP contribution in [0.2, 0.25) is 5.02 Å². The number of para-hydroxylation sites is 1. The Morgan fingerprint density at radius 1 is 1.09 bits per heavy atom. The summed E-state index contributed by atoms with van der Waals surface area (Å²) in [4.78, 5) is 3.02. The molecule has 0 spiro atoms. The molecule has 1 aliphatic rings. The third-order valence-electron chi connectivity index (χ3n) is 6.38. The Morgan fingerprint density at radius 2 is 1.85 bits per heavy atom. The van der Waals surface area contributed by atoms with Gasteiger partial charge in [0, 0.05) is 34.9 Å². The average Bonchev–Trinajstić information content (AvgIpc) is 3.16. The third kappa shape index (κ3) is 3.68. The molecule has 2 atom stereocenters. The van der Waals surface area contributed by atoms with E-state index in [0.29, 0.717) is 33.7 Å². The van der Waals surface area contributed by atoms with E-state index in [2.05, 4.69) is 15.6 Å². The molecule has 5 rings (SSSR count). The lowest BCUT2D eigenvalue weighted by Gasteiger charge is -2.44. The molecular formula is C26H24ClF2N3O. The van der Waals surface area contributed by atoms with Crippen molar-refractivity contribution >= 4 is 28.2 Å². The zero-order valence-electron chi connectivity index (χ0n) is 18.2. The molecule has 0 aliphatic carbocycles. The third-order valence-corrected chi connectivity index (χ3v) is 6.69. The molecule has 0 saturated heterocycles. The molecule has 170 valence electrons. The second-order valence-electron chi connectivity index (χ2n) is 9.01. The van der Waals surface area contributed by atoms with E-state index in [0.717, 1.165) is 5.56 Å². The predicted octanol–water partition coefficient (Wildman–Crippen LogP) is 6.16. The van der Waals surface area contributed by atoms with Gasteiger partial charge in [-0.05, 0) is 25.5 Å². The second-order valence-corrected chi connectivity index (χ2v) is 9.42. The van der Waals surface area contributed by atoms with Crippen molar-refractivity contribution in [1.82, 2.24) is 10.3 Å². The van der Waals surface area contributed by atoms with Gasteiger partial charge in [-0.15, -0.1) is 0 Å². The minimum absolute atomic E-state index is 0.155. The largest absolute Gasteiger partial charge is 0.389 e. The van der Waals surface area contributed by atoms with Gasteiger partial charge in [-0.1, -0.05) is 60.1 Å². The predicted molar refractivity (Wildman–Crippen MR) is 128 cm³/mol. The number of halogens is 3. The van der Waals surface area contributed by atoms with Crippen LogP contribution in [0.25, 0.3) is 22.0 Å². The SMILES string of the molecule is CC1(C)Nc2cc(F)c(-c3cccc4c(Cl)c[nH]c34)c(F)c2[C@H](NCc2ccccc2)C1O. The summed E-state index contributed by atoms with van der Waals surface area (Å²) < 4.78 is 31.5. The molecule has 1 aliphatic heterocycles. The highest BCUT2D eigenvalue weighted by Crippen LogP contribution is 2.44. The Labute approximate surface area is 195 Å². The monoisotopic (exact) mass is 467 g/mol. The van der Waals surface area contributed by atoms with Crippen LogP contribution in [0.15, 0.2) is 60.8 Å². The van der Waals surface area contributed by atoms with Crippen molar-refractivity contribution in [3.05, 3.63) is 88.6 Å². The fourth-order valence-corrected chi connectivity index (χ4v) is 4.86. The fourth-order valence-electron chi connectivity index (χ4n) is 4.65. The first-order valence-electron chi connectivity index (χ1n) is 10.8. The normalized spacial score (nSPS) is 19.3. The Bertz CT molecular complexity index is 1340. The van der Waals surface area contributed by atoms with E-state index in [1.165, 1.54) is 6.07 Å². The van der Waals surface area contributed by atoms with Crippen LogP contribution in [0.1, 0.15) is 31.0 Å². The number of H-pyrrole nitrogens is 1. The lowest BCUT2D eigenvalue weighted by atomic mass is 9.81. The first kappa shape index (κ1) is 21.9. The maximum Gasteiger partial charge on any atom is 0.140 e. The molecule has 1 unspecified atom stereocenters. The second kappa shape index (κ2) is 8.13. The number of aromatic amines is 1. The van der Waals surface area contributed by atoms with Gasteiger partial charge in [0.05, 0.1) is 33.8 Å². The van der Waals surface area contributed by atoms with Gasteiger partial charge < -0.3 is 20.7 Å². The van der Waals surface area contributed by atoms with Gasteiger partial charge in [-0.3, -0.25) is 0 Å². The number of benzene rings is 3. The van der Waals surface area contributed by atoms with E-state index in [1.807, 2.05) is 44.2 Å². The number of aromatic nitrogens is 1. The molecule has 0 bridgehead atoms. The summed E-state index contributed by atoms with van der Waals surface area (Å²) in [7, 11) is 0. The topological polar surface area (TPSA) is 60.1 Å². The maximum absolute atomic E-state index is 16.2. The summed E-state index contributed by atoms with van der Waals surface area (Å²) in [6.07, 6.45) is 0.638. The van der Waals surface area contributed by atoms with Crippen LogP contribution in [0, 0.1) is 11.6 Å². The van der Waals surface area contributed by atoms with Crippen LogP contribution < -0.4 is 10.6 Å². The molecule has 0 saturated carbocycles. The lowest BCUT2D eigenvalue weighted by Crippen LogP contribution is -2.54. The number of fused-ring (bicyclic) bond motifs is 2. The van der Waals surface area contributed by atoms with Gasteiger partial charge in [0.15, 0.2) is 0 Å². The van der Waals surface area contributed by atoms with Crippen molar-refractivity contribution in [1.29, 1.82) is 0 Å². The number of anilines is 1. The Morgan fingerprint density at radius 3 is 2.61 bits per heavy atom. The molecule has 0 radical (unpaired) electrons. The highest BCUT2D eigenvalue weighted by Gasteiger charge is 2.43. The number of hydrogen-bond donors (Lipinski definition) is 4. The summed E-state index contributed by atoms with van der Waals surface area (Å²) in [6.45, 7) is 4.04. The smallest absolute Gasteiger partial charge is 0.140 e. The fraction of sp³-hybridized carbons (Fsp3) is 0.231. The van der Waals surface area contributed by atoms with Crippen molar-refractivity contribution in [2.75, 3.05) is 5.32 Å². The summed E-state index contributed by atoms with van der Waals surface area (Å²) in [5.41, 5.74) is 1.51. The van der Waals surface area contributed by atoms with Crippen molar-refractivity contribution in [3.8, 4) is 11.1 Å². The molecule has 0 fully saturated rings. The van der Waals surface area contributed by atoms with Crippen LogP contribution in [0.5, 0.6) is 0 Å². The van der Waals surface area contributed by atoms with Crippen molar-refractivity contribution in [2.24, 2.45) is 0 Å². The lowest BCUT2D eigenvalue weighted by molar-refractivity contribution is 0.0663. The van der Waals surface area contributed by atoms with Crippen LogP contribution in [0.3, 0.4) is 0 Å². The van der Waals surface area contributed by atoms with Crippen molar-refractivity contribution in [3.63, 3.8) is 0 Å². The molecular weight excluding hydrogens is 444 g/mol. The van der Waals surface area contributed by atoms with Crippen LogP contribution in [0.4, 0.5) is 14.5 Å². The quantitative estimate of drug-likeness (QED) is 0.290. The van der Waals surface area contributed by atoms with E-state index in [-0.39, 0.29) is 11.1 Å². The number of hydrogen-bond acceptors (Lipinski definition) is 3. The zero-order chi connectivity index (χ0) is 23.3. The van der Waals surface area contributed by atoms with Gasteiger partial charge in [0.2, 0.25) is 0 Å². The minimum atomic E-state index is -0.961. The first-order chi connectivity index (χ1) is 15.8. The van der Waals surface area contributed by atoms with Crippen LogP contribution in [-0.4, -0.2) is 21.7 Å². The van der Waals surface area contributed by atoms with Crippen molar-refractivity contribution in [2.45, 2.75) is 38.1 Å². The number of aliphatic hydroxyl groups is 1. The van der Waals surface area contributed by atoms with Crippen LogP contribution >= 0.6 is 11.6 Å². The highest BCUT2D eigenvalue weighted by atomic mass is 35.5. The number of nitrogens with one attached hydrogen (secondary N) is 3. The molecule has 7 heteroatoms. The molecule has 3 aromatic carbocycles. The number of aliphatic hydroxyl groups excluding tert-OH is 1. The molecule has 4 N–H and O–H groups in total. The molecule has 0 amide bonds. The van der Waals surface area contributed by atoms with E-state index < -0.39 is 29.3 Å². The standard InChI is InChI=1S/C26H24ClF2N3O/c1-26(2)25(33)24(30-12-14-7-4-3-5-8-14)21-19(32-26)11-18(28)20(22(21)29)16-10-6-9-15-17(27)13-31-23(15)16/h3-11,13,24-25,30-33H,12H2,1-2H3/t24-,25?/m0/s1. The number of rotatable bonds is 4. The van der Waals surface area contributed by atoms with Gasteiger partial charge in [-0.25, -0.2) is 8.78 Å². The summed E-state index contributed by atoms with van der Waals surface area (Å²) in [5, 5.41) is 18.7. The maximum atomic E-state index is 16.2. The highest BCUT2D eigenvalue weighted by molar-refractivity contribution is 6.36. The van der Waals surface area contributed by atoms with Gasteiger partial charge in [0.25, 0.3) is 0 Å². The van der Waals surface area contributed by atoms with Crippen molar-refractivity contribution < 1.29 is 13.9 Å². The zero-order valence-corrected chi connectivity index (χ0v) is 19.0. The van der Waals surface area contributed by atoms with Gasteiger partial charge in [-0.2, -0.15) is 0 Å². The van der Waals surface area contributed by atoms with Gasteiger partial charge in [0.1, 0.15) is 11.6 Å². The van der Waals surface area contributed by atoms with E-state index >= 15 is 8.78 Å². The first-order valence-corrected chi connectivity index (χ1v) is 11.2. The summed E-state index contributed by atoms with van der Waals surface area (Å²) in [5.74, 6) is -1.40. The molecule has 33 heavy (non-hydrogen) atoms. The van der Waals surface area contributed by atoms with E-state index in [1.54, 1.807) is 24.4 Å². The molecule has 4 aromatic rings.